The Morgan fingerprint density at radius 3 is 2.63 bits per heavy atom. The van der Waals surface area contributed by atoms with Crippen LogP contribution < -0.4 is 10.9 Å². The Labute approximate surface area is 117 Å². The fourth-order valence-corrected chi connectivity index (χ4v) is 3.19. The fraction of sp³-hybridized carbons (Fsp3) is 0.571. The van der Waals surface area contributed by atoms with Crippen LogP contribution in [0, 0.1) is 5.92 Å². The summed E-state index contributed by atoms with van der Waals surface area (Å²) in [7, 11) is 0. The van der Waals surface area contributed by atoms with Gasteiger partial charge in [-0.15, -0.1) is 11.3 Å². The molecule has 1 heterocycles. The molecule has 2 rings (SSSR count). The van der Waals surface area contributed by atoms with Gasteiger partial charge in [-0.3, -0.25) is 20.4 Å². The Morgan fingerprint density at radius 2 is 2.05 bits per heavy atom. The smallest absolute Gasteiger partial charge is 0.273 e. The van der Waals surface area contributed by atoms with Crippen molar-refractivity contribution in [3.8, 4) is 0 Å². The largest absolute Gasteiger partial charge is 0.279 e. The molecule has 0 atom stereocenters. The van der Waals surface area contributed by atoms with Gasteiger partial charge in [0.25, 0.3) is 5.91 Å². The van der Waals surface area contributed by atoms with Crippen LogP contribution in [0.5, 0.6) is 0 Å². The Bertz CT molecular complexity index is 478. The minimum absolute atomic E-state index is 0.0746. The van der Waals surface area contributed by atoms with Crippen molar-refractivity contribution in [1.29, 1.82) is 0 Å². The molecule has 0 unspecified atom stereocenters. The molecule has 0 bridgehead atoms. The van der Waals surface area contributed by atoms with Gasteiger partial charge in [-0.1, -0.05) is 20.3 Å². The molecule has 19 heavy (non-hydrogen) atoms. The van der Waals surface area contributed by atoms with E-state index in [1.807, 2.05) is 6.07 Å². The zero-order valence-corrected chi connectivity index (χ0v) is 12.2. The van der Waals surface area contributed by atoms with E-state index in [1.165, 1.54) is 21.8 Å². The number of rotatable bonds is 5. The number of hydrogen-bond donors (Lipinski definition) is 2. The monoisotopic (exact) mass is 280 g/mol. The summed E-state index contributed by atoms with van der Waals surface area (Å²) >= 11 is 1.53. The van der Waals surface area contributed by atoms with Gasteiger partial charge in [0, 0.05) is 10.8 Å². The van der Waals surface area contributed by atoms with Crippen molar-refractivity contribution >= 4 is 23.2 Å². The lowest BCUT2D eigenvalue weighted by Crippen LogP contribution is -2.42. The number of hydrazine groups is 1. The SMILES string of the molecule is CCCc1sc(C(=O)NNC(=O)C2CC2)cc1CC. The average Bonchev–Trinajstić information content (AvgIpc) is 3.18. The summed E-state index contributed by atoms with van der Waals surface area (Å²) in [6, 6.07) is 1.94. The number of carbonyl (C=O) groups is 2. The molecular formula is C14H20N2O2S. The third-order valence-corrected chi connectivity index (χ3v) is 4.46. The van der Waals surface area contributed by atoms with Crippen LogP contribution in [0.4, 0.5) is 0 Å². The second-order valence-electron chi connectivity index (χ2n) is 4.88. The first kappa shape index (κ1) is 14.1. The summed E-state index contributed by atoms with van der Waals surface area (Å²) < 4.78 is 0. The Balaban J connectivity index is 1.95. The van der Waals surface area contributed by atoms with Gasteiger partial charge in [0.05, 0.1) is 4.88 Å². The zero-order valence-electron chi connectivity index (χ0n) is 11.4. The lowest BCUT2D eigenvalue weighted by molar-refractivity contribution is -0.123. The quantitative estimate of drug-likeness (QED) is 0.814. The summed E-state index contributed by atoms with van der Waals surface area (Å²) in [6.07, 6.45) is 4.89. The predicted octanol–water partition coefficient (Wildman–Crippen LogP) is 2.43. The van der Waals surface area contributed by atoms with Gasteiger partial charge >= 0.3 is 0 Å². The number of nitrogens with one attached hydrogen (secondary N) is 2. The summed E-state index contributed by atoms with van der Waals surface area (Å²) in [5, 5.41) is 0. The minimum Gasteiger partial charge on any atom is -0.273 e. The van der Waals surface area contributed by atoms with E-state index in [-0.39, 0.29) is 17.7 Å². The van der Waals surface area contributed by atoms with Crippen LogP contribution >= 0.6 is 11.3 Å². The normalized spacial score (nSPS) is 14.2. The number of thiophene rings is 1. The lowest BCUT2D eigenvalue weighted by atomic mass is 10.1. The first-order chi connectivity index (χ1) is 9.15. The van der Waals surface area contributed by atoms with Gasteiger partial charge < -0.3 is 0 Å². The number of aryl methyl sites for hydroxylation is 2. The van der Waals surface area contributed by atoms with E-state index in [0.717, 1.165) is 32.1 Å². The predicted molar refractivity (Wildman–Crippen MR) is 76.0 cm³/mol. The van der Waals surface area contributed by atoms with Crippen LogP contribution in [0.25, 0.3) is 0 Å². The highest BCUT2D eigenvalue weighted by atomic mass is 32.1. The first-order valence-electron chi connectivity index (χ1n) is 6.87. The van der Waals surface area contributed by atoms with E-state index >= 15 is 0 Å². The van der Waals surface area contributed by atoms with Gasteiger partial charge in [-0.25, -0.2) is 0 Å². The summed E-state index contributed by atoms with van der Waals surface area (Å²) in [5.41, 5.74) is 6.23. The van der Waals surface area contributed by atoms with E-state index in [2.05, 4.69) is 24.7 Å². The molecule has 104 valence electrons. The van der Waals surface area contributed by atoms with Crippen molar-refractivity contribution < 1.29 is 9.59 Å². The lowest BCUT2D eigenvalue weighted by Gasteiger charge is -2.04. The van der Waals surface area contributed by atoms with Crippen molar-refractivity contribution in [2.75, 3.05) is 0 Å². The van der Waals surface area contributed by atoms with Crippen molar-refractivity contribution in [2.45, 2.75) is 46.0 Å². The van der Waals surface area contributed by atoms with Crippen LogP contribution in [0.15, 0.2) is 6.07 Å². The molecule has 5 heteroatoms. The number of hydrogen-bond acceptors (Lipinski definition) is 3. The van der Waals surface area contributed by atoms with Gasteiger partial charge in [0.15, 0.2) is 0 Å². The summed E-state index contributed by atoms with van der Waals surface area (Å²) in [5.74, 6) is -0.184. The van der Waals surface area contributed by atoms with E-state index in [4.69, 9.17) is 0 Å². The Hall–Kier alpha value is -1.36. The molecule has 1 aliphatic carbocycles. The van der Waals surface area contributed by atoms with Crippen molar-refractivity contribution in [3.63, 3.8) is 0 Å². The van der Waals surface area contributed by atoms with Crippen molar-refractivity contribution in [1.82, 2.24) is 10.9 Å². The molecule has 2 N–H and O–H groups in total. The minimum atomic E-state index is -0.212. The van der Waals surface area contributed by atoms with Crippen LogP contribution in [0.1, 0.15) is 53.2 Å². The van der Waals surface area contributed by atoms with Gasteiger partial charge in [0.1, 0.15) is 0 Å². The zero-order chi connectivity index (χ0) is 13.8. The molecule has 1 aromatic heterocycles. The molecular weight excluding hydrogens is 260 g/mol. The van der Waals surface area contributed by atoms with E-state index in [9.17, 15) is 9.59 Å². The maximum atomic E-state index is 12.0. The second kappa shape index (κ2) is 6.19. The third-order valence-electron chi connectivity index (χ3n) is 3.23. The highest BCUT2D eigenvalue weighted by Gasteiger charge is 2.29. The highest BCUT2D eigenvalue weighted by Crippen LogP contribution is 2.28. The molecule has 4 nitrogen and oxygen atoms in total. The summed E-state index contributed by atoms with van der Waals surface area (Å²) in [6.45, 7) is 4.23. The molecule has 0 radical (unpaired) electrons. The van der Waals surface area contributed by atoms with Crippen molar-refractivity contribution in [3.05, 3.63) is 21.4 Å². The summed E-state index contributed by atoms with van der Waals surface area (Å²) in [4.78, 5) is 25.4. The van der Waals surface area contributed by atoms with Crippen molar-refractivity contribution in [2.24, 2.45) is 5.92 Å². The highest BCUT2D eigenvalue weighted by molar-refractivity contribution is 7.14. The Kier molecular flexibility index (Phi) is 4.58. The fourth-order valence-electron chi connectivity index (χ4n) is 1.94. The third kappa shape index (κ3) is 3.56. The first-order valence-corrected chi connectivity index (χ1v) is 7.69. The second-order valence-corrected chi connectivity index (χ2v) is 6.02. The molecule has 0 saturated heterocycles. The van der Waals surface area contributed by atoms with E-state index in [1.54, 1.807) is 0 Å². The molecule has 2 amide bonds. The van der Waals surface area contributed by atoms with E-state index in [0.29, 0.717) is 4.88 Å². The van der Waals surface area contributed by atoms with Crippen LogP contribution in [-0.2, 0) is 17.6 Å². The average molecular weight is 280 g/mol. The molecule has 0 spiro atoms. The topological polar surface area (TPSA) is 58.2 Å². The molecule has 1 aromatic rings. The van der Waals surface area contributed by atoms with Crippen LogP contribution in [0.2, 0.25) is 0 Å². The van der Waals surface area contributed by atoms with Gasteiger partial charge in [0.2, 0.25) is 5.91 Å². The number of amides is 2. The van der Waals surface area contributed by atoms with Crippen LogP contribution in [-0.4, -0.2) is 11.8 Å². The number of carbonyl (C=O) groups excluding carboxylic acids is 2. The maximum absolute atomic E-state index is 12.0. The Morgan fingerprint density at radius 1 is 1.32 bits per heavy atom. The van der Waals surface area contributed by atoms with Crippen LogP contribution in [0.3, 0.4) is 0 Å². The van der Waals surface area contributed by atoms with Gasteiger partial charge in [-0.05, 0) is 37.3 Å². The maximum Gasteiger partial charge on any atom is 0.279 e. The van der Waals surface area contributed by atoms with Gasteiger partial charge in [-0.2, -0.15) is 0 Å². The molecule has 1 aliphatic rings. The molecule has 1 saturated carbocycles. The molecule has 0 aliphatic heterocycles. The standard InChI is InChI=1S/C14H20N2O2S/c1-3-5-11-9(4-2)8-12(19-11)14(18)16-15-13(17)10-6-7-10/h8,10H,3-7H2,1-2H3,(H,15,17)(H,16,18). The molecule has 1 fully saturated rings. The molecule has 0 aromatic carbocycles. The van der Waals surface area contributed by atoms with E-state index < -0.39 is 0 Å².